The number of hydrogen-bond acceptors (Lipinski definition) is 3. The van der Waals surface area contributed by atoms with E-state index in [-0.39, 0.29) is 11.9 Å². The SMILES string of the molecule is CCC(NS(=O)(=O)NC1CC1)C(=N)N. The largest absolute Gasteiger partial charge is 0.386 e. The summed E-state index contributed by atoms with van der Waals surface area (Å²) in [7, 11) is -3.50. The van der Waals surface area contributed by atoms with E-state index in [4.69, 9.17) is 11.1 Å². The van der Waals surface area contributed by atoms with Gasteiger partial charge in [-0.2, -0.15) is 17.9 Å². The second-order valence-electron chi connectivity index (χ2n) is 3.43. The number of hydrogen-bond donors (Lipinski definition) is 4. The Kier molecular flexibility index (Phi) is 3.46. The van der Waals surface area contributed by atoms with Gasteiger partial charge in [0.05, 0.1) is 6.04 Å². The first kappa shape index (κ1) is 11.4. The lowest BCUT2D eigenvalue weighted by Crippen LogP contribution is -2.48. The summed E-state index contributed by atoms with van der Waals surface area (Å²) in [5, 5.41) is 7.15. The summed E-state index contributed by atoms with van der Waals surface area (Å²) in [4.78, 5) is 0. The molecular formula is C7H16N4O2S. The van der Waals surface area contributed by atoms with Crippen molar-refractivity contribution in [2.45, 2.75) is 38.3 Å². The van der Waals surface area contributed by atoms with Crippen LogP contribution in [0, 0.1) is 5.41 Å². The zero-order valence-corrected chi connectivity index (χ0v) is 8.89. The Bertz CT molecular complexity index is 310. The molecule has 0 aromatic heterocycles. The molecule has 0 aliphatic heterocycles. The van der Waals surface area contributed by atoms with Crippen LogP contribution in [0.25, 0.3) is 0 Å². The van der Waals surface area contributed by atoms with Crippen LogP contribution in [0.4, 0.5) is 0 Å². The summed E-state index contributed by atoms with van der Waals surface area (Å²) in [6.07, 6.45) is 2.25. The molecular weight excluding hydrogens is 204 g/mol. The lowest BCUT2D eigenvalue weighted by molar-refractivity contribution is 0.556. The average molecular weight is 220 g/mol. The molecule has 0 spiro atoms. The first-order valence-corrected chi connectivity index (χ1v) is 6.06. The third kappa shape index (κ3) is 3.60. The third-order valence-electron chi connectivity index (χ3n) is 1.98. The van der Waals surface area contributed by atoms with E-state index in [0.29, 0.717) is 6.42 Å². The quantitative estimate of drug-likeness (QED) is 0.350. The molecule has 14 heavy (non-hydrogen) atoms. The van der Waals surface area contributed by atoms with Crippen LogP contribution < -0.4 is 15.2 Å². The van der Waals surface area contributed by atoms with Crippen molar-refractivity contribution in [1.82, 2.24) is 9.44 Å². The summed E-state index contributed by atoms with van der Waals surface area (Å²) < 4.78 is 27.5. The zero-order valence-electron chi connectivity index (χ0n) is 8.08. The number of rotatable bonds is 6. The van der Waals surface area contributed by atoms with E-state index in [1.807, 2.05) is 0 Å². The number of nitrogens with one attached hydrogen (secondary N) is 3. The molecule has 0 heterocycles. The van der Waals surface area contributed by atoms with E-state index in [9.17, 15) is 8.42 Å². The summed E-state index contributed by atoms with van der Waals surface area (Å²) in [5.74, 6) is -0.159. The van der Waals surface area contributed by atoms with Gasteiger partial charge in [-0.15, -0.1) is 0 Å². The average Bonchev–Trinajstić information content (AvgIpc) is 2.82. The molecule has 82 valence electrons. The maximum Gasteiger partial charge on any atom is 0.277 e. The van der Waals surface area contributed by atoms with Crippen molar-refractivity contribution in [2.75, 3.05) is 0 Å². The van der Waals surface area contributed by atoms with Gasteiger partial charge in [0.2, 0.25) is 0 Å². The fraction of sp³-hybridized carbons (Fsp3) is 0.857. The molecule has 0 amide bonds. The molecule has 1 aliphatic rings. The van der Waals surface area contributed by atoms with Gasteiger partial charge in [-0.25, -0.2) is 0 Å². The fourth-order valence-electron chi connectivity index (χ4n) is 1.01. The molecule has 1 unspecified atom stereocenters. The number of amidine groups is 1. The summed E-state index contributed by atoms with van der Waals surface area (Å²) in [6.45, 7) is 1.77. The van der Waals surface area contributed by atoms with E-state index in [1.165, 1.54) is 0 Å². The van der Waals surface area contributed by atoms with Crippen LogP contribution in [0.5, 0.6) is 0 Å². The van der Waals surface area contributed by atoms with Gasteiger partial charge in [0, 0.05) is 6.04 Å². The third-order valence-corrected chi connectivity index (χ3v) is 3.22. The maximum atomic E-state index is 11.4. The molecule has 1 atom stereocenters. The highest BCUT2D eigenvalue weighted by molar-refractivity contribution is 7.87. The molecule has 0 aromatic rings. The second-order valence-corrected chi connectivity index (χ2v) is 4.91. The maximum absolute atomic E-state index is 11.4. The lowest BCUT2D eigenvalue weighted by Gasteiger charge is -2.15. The molecule has 0 aromatic carbocycles. The van der Waals surface area contributed by atoms with E-state index >= 15 is 0 Å². The van der Waals surface area contributed by atoms with E-state index in [0.717, 1.165) is 12.8 Å². The Hall–Kier alpha value is -0.660. The lowest BCUT2D eigenvalue weighted by atomic mass is 10.2. The van der Waals surface area contributed by atoms with Crippen molar-refractivity contribution in [1.29, 1.82) is 5.41 Å². The minimum Gasteiger partial charge on any atom is -0.386 e. The van der Waals surface area contributed by atoms with Gasteiger partial charge in [0.15, 0.2) is 0 Å². The van der Waals surface area contributed by atoms with Gasteiger partial charge in [-0.1, -0.05) is 6.92 Å². The predicted molar refractivity (Wildman–Crippen MR) is 54.2 cm³/mol. The van der Waals surface area contributed by atoms with Gasteiger partial charge < -0.3 is 5.73 Å². The number of nitrogens with two attached hydrogens (primary N) is 1. The van der Waals surface area contributed by atoms with Crippen molar-refractivity contribution in [3.63, 3.8) is 0 Å². The van der Waals surface area contributed by atoms with Gasteiger partial charge in [0.25, 0.3) is 10.2 Å². The molecule has 6 nitrogen and oxygen atoms in total. The molecule has 1 aliphatic carbocycles. The van der Waals surface area contributed by atoms with E-state index in [1.54, 1.807) is 6.92 Å². The first-order valence-electron chi connectivity index (χ1n) is 4.58. The molecule has 0 bridgehead atoms. The van der Waals surface area contributed by atoms with E-state index in [2.05, 4.69) is 9.44 Å². The highest BCUT2D eigenvalue weighted by Crippen LogP contribution is 2.19. The van der Waals surface area contributed by atoms with Crippen LogP contribution in [0.2, 0.25) is 0 Å². The highest BCUT2D eigenvalue weighted by Gasteiger charge is 2.28. The highest BCUT2D eigenvalue weighted by atomic mass is 32.2. The van der Waals surface area contributed by atoms with Gasteiger partial charge in [-0.05, 0) is 19.3 Å². The van der Waals surface area contributed by atoms with Crippen LogP contribution in [0.15, 0.2) is 0 Å². The Labute approximate surface area is 83.9 Å². The molecule has 1 fully saturated rings. The Morgan fingerprint density at radius 2 is 2.21 bits per heavy atom. The molecule has 0 radical (unpaired) electrons. The van der Waals surface area contributed by atoms with Crippen molar-refractivity contribution >= 4 is 16.0 Å². The van der Waals surface area contributed by atoms with Crippen molar-refractivity contribution in [2.24, 2.45) is 5.73 Å². The Morgan fingerprint density at radius 3 is 2.57 bits per heavy atom. The molecule has 1 rings (SSSR count). The second kappa shape index (κ2) is 4.24. The summed E-state index contributed by atoms with van der Waals surface area (Å²) in [6, 6.07) is -0.539. The minimum absolute atomic E-state index is 0.0666. The van der Waals surface area contributed by atoms with Crippen LogP contribution in [-0.4, -0.2) is 26.3 Å². The minimum atomic E-state index is -3.50. The zero-order chi connectivity index (χ0) is 10.8. The summed E-state index contributed by atoms with van der Waals surface area (Å²) in [5.41, 5.74) is 5.23. The van der Waals surface area contributed by atoms with Crippen molar-refractivity contribution in [3.05, 3.63) is 0 Å². The normalized spacial score (nSPS) is 19.2. The van der Waals surface area contributed by atoms with Crippen molar-refractivity contribution in [3.8, 4) is 0 Å². The van der Waals surface area contributed by atoms with Crippen LogP contribution >= 0.6 is 0 Å². The first-order chi connectivity index (χ1) is 6.44. The van der Waals surface area contributed by atoms with Crippen LogP contribution in [0.1, 0.15) is 26.2 Å². The van der Waals surface area contributed by atoms with Gasteiger partial charge in [-0.3, -0.25) is 5.41 Å². The predicted octanol–water partition coefficient (Wildman–Crippen LogP) is -0.713. The smallest absolute Gasteiger partial charge is 0.277 e. The molecule has 0 saturated heterocycles. The standard InChI is InChI=1S/C7H16N4O2S/c1-2-6(7(8)9)11-14(12,13)10-5-3-4-5/h5-6,10-11H,2-4H2,1H3,(H3,8,9). The van der Waals surface area contributed by atoms with E-state index < -0.39 is 16.3 Å². The fourth-order valence-corrected chi connectivity index (χ4v) is 2.42. The van der Waals surface area contributed by atoms with Crippen molar-refractivity contribution < 1.29 is 8.42 Å². The molecule has 5 N–H and O–H groups in total. The van der Waals surface area contributed by atoms with Crippen LogP contribution in [0.3, 0.4) is 0 Å². The van der Waals surface area contributed by atoms with Gasteiger partial charge >= 0.3 is 0 Å². The molecule has 7 heteroatoms. The molecule has 1 saturated carbocycles. The topological polar surface area (TPSA) is 108 Å². The monoisotopic (exact) mass is 220 g/mol. The summed E-state index contributed by atoms with van der Waals surface area (Å²) >= 11 is 0. The van der Waals surface area contributed by atoms with Crippen LogP contribution in [-0.2, 0) is 10.2 Å². The Morgan fingerprint density at radius 1 is 1.64 bits per heavy atom. The Balaban J connectivity index is 2.50. The van der Waals surface area contributed by atoms with Gasteiger partial charge in [0.1, 0.15) is 5.84 Å².